The van der Waals surface area contributed by atoms with Crippen molar-refractivity contribution in [3.05, 3.63) is 24.4 Å². The molecule has 0 unspecified atom stereocenters. The van der Waals surface area contributed by atoms with Gasteiger partial charge in [0.25, 0.3) is 0 Å². The van der Waals surface area contributed by atoms with Gasteiger partial charge in [-0.05, 0) is 13.8 Å². The molecule has 0 aliphatic carbocycles. The fourth-order valence-corrected chi connectivity index (χ4v) is 1.22. The molecule has 1 aromatic heterocycles. The third kappa shape index (κ3) is 6.58. The highest BCUT2D eigenvalue weighted by Crippen LogP contribution is 1.96. The Morgan fingerprint density at radius 2 is 2.28 bits per heavy atom. The summed E-state index contributed by atoms with van der Waals surface area (Å²) in [6.45, 7) is 9.58. The van der Waals surface area contributed by atoms with Gasteiger partial charge in [-0.15, -0.1) is 30.6 Å². The molecule has 0 spiro atoms. The molecule has 1 rings (SSSR count). The number of nitrogens with zero attached hydrogens (tertiary/aromatic N) is 3. The lowest BCUT2D eigenvalue weighted by atomic mass is 10.4. The molecule has 1 aromatic rings. The molecule has 0 amide bonds. The Labute approximate surface area is 124 Å². The van der Waals surface area contributed by atoms with Crippen LogP contribution in [0, 0.1) is 6.92 Å². The zero-order valence-electron chi connectivity index (χ0n) is 10.8. The van der Waals surface area contributed by atoms with Crippen molar-refractivity contribution < 1.29 is 4.52 Å². The minimum atomic E-state index is 0. The van der Waals surface area contributed by atoms with Crippen LogP contribution >= 0.6 is 24.0 Å². The summed E-state index contributed by atoms with van der Waals surface area (Å²) < 4.78 is 5.00. The molecule has 0 aromatic carbocycles. The van der Waals surface area contributed by atoms with Crippen molar-refractivity contribution in [1.82, 2.24) is 20.8 Å². The van der Waals surface area contributed by atoms with Crippen molar-refractivity contribution in [1.29, 1.82) is 0 Å². The number of aliphatic imine (C=N–C) groups is 1. The maximum absolute atomic E-state index is 5.00. The van der Waals surface area contributed by atoms with Gasteiger partial charge < -0.3 is 15.2 Å². The Kier molecular flexibility index (Phi) is 9.25. The van der Waals surface area contributed by atoms with Crippen LogP contribution in [-0.2, 0) is 6.42 Å². The summed E-state index contributed by atoms with van der Waals surface area (Å²) in [5, 5.41) is 9.97. The highest BCUT2D eigenvalue weighted by molar-refractivity contribution is 14.0. The van der Waals surface area contributed by atoms with Crippen molar-refractivity contribution in [3.63, 3.8) is 0 Å². The van der Waals surface area contributed by atoms with Crippen LogP contribution in [0.5, 0.6) is 0 Å². The molecule has 0 saturated carbocycles. The zero-order chi connectivity index (χ0) is 12.5. The SMILES string of the molecule is C=CCNC(=NCCc1nc(C)no1)NCC.I. The molecule has 0 saturated heterocycles. The molecule has 0 aliphatic rings. The maximum Gasteiger partial charge on any atom is 0.228 e. The van der Waals surface area contributed by atoms with E-state index in [1.54, 1.807) is 13.0 Å². The molecule has 2 N–H and O–H groups in total. The van der Waals surface area contributed by atoms with E-state index >= 15 is 0 Å². The molecule has 1 heterocycles. The molecule has 0 aliphatic heterocycles. The first kappa shape index (κ1) is 16.9. The Hall–Kier alpha value is -1.12. The highest BCUT2D eigenvalue weighted by atomic mass is 127. The molecule has 7 heteroatoms. The topological polar surface area (TPSA) is 75.3 Å². The molecule has 0 bridgehead atoms. The number of aryl methyl sites for hydroxylation is 1. The van der Waals surface area contributed by atoms with E-state index in [1.165, 1.54) is 0 Å². The van der Waals surface area contributed by atoms with E-state index < -0.39 is 0 Å². The van der Waals surface area contributed by atoms with Crippen LogP contribution in [0.25, 0.3) is 0 Å². The number of hydrogen-bond donors (Lipinski definition) is 2. The van der Waals surface area contributed by atoms with Gasteiger partial charge in [-0.25, -0.2) is 0 Å². The van der Waals surface area contributed by atoms with Gasteiger partial charge in [0, 0.05) is 19.5 Å². The van der Waals surface area contributed by atoms with Crippen LogP contribution in [0.15, 0.2) is 22.2 Å². The van der Waals surface area contributed by atoms with Gasteiger partial charge in [-0.1, -0.05) is 11.2 Å². The predicted molar refractivity (Wildman–Crippen MR) is 82.3 cm³/mol. The molecular formula is C11H20IN5O. The first-order valence-corrected chi connectivity index (χ1v) is 5.68. The molecule has 0 radical (unpaired) electrons. The van der Waals surface area contributed by atoms with Crippen LogP contribution in [0.3, 0.4) is 0 Å². The van der Waals surface area contributed by atoms with Crippen molar-refractivity contribution in [2.24, 2.45) is 4.99 Å². The monoisotopic (exact) mass is 365 g/mol. The largest absolute Gasteiger partial charge is 0.357 e. The van der Waals surface area contributed by atoms with Crippen molar-refractivity contribution >= 4 is 29.9 Å². The van der Waals surface area contributed by atoms with Crippen LogP contribution in [0.2, 0.25) is 0 Å². The second-order valence-corrected chi connectivity index (χ2v) is 3.42. The first-order chi connectivity index (χ1) is 8.26. The van der Waals surface area contributed by atoms with E-state index in [0.717, 1.165) is 12.5 Å². The fourth-order valence-electron chi connectivity index (χ4n) is 1.22. The summed E-state index contributed by atoms with van der Waals surface area (Å²) in [5.41, 5.74) is 0. The van der Waals surface area contributed by atoms with E-state index in [9.17, 15) is 0 Å². The van der Waals surface area contributed by atoms with E-state index in [0.29, 0.717) is 31.2 Å². The van der Waals surface area contributed by atoms with E-state index in [-0.39, 0.29) is 24.0 Å². The number of aromatic nitrogens is 2. The lowest BCUT2D eigenvalue weighted by Gasteiger charge is -2.08. The van der Waals surface area contributed by atoms with Crippen LogP contribution < -0.4 is 10.6 Å². The first-order valence-electron chi connectivity index (χ1n) is 5.68. The van der Waals surface area contributed by atoms with E-state index in [1.807, 2.05) is 6.92 Å². The van der Waals surface area contributed by atoms with E-state index in [4.69, 9.17) is 4.52 Å². The smallest absolute Gasteiger partial charge is 0.228 e. The van der Waals surface area contributed by atoms with Gasteiger partial charge in [-0.2, -0.15) is 4.98 Å². The average Bonchev–Trinajstić information content (AvgIpc) is 2.72. The molecule has 18 heavy (non-hydrogen) atoms. The van der Waals surface area contributed by atoms with Crippen LogP contribution in [0.4, 0.5) is 0 Å². The zero-order valence-corrected chi connectivity index (χ0v) is 13.1. The summed E-state index contributed by atoms with van der Waals surface area (Å²) in [7, 11) is 0. The minimum Gasteiger partial charge on any atom is -0.357 e. The molecule has 6 nitrogen and oxygen atoms in total. The number of nitrogens with one attached hydrogen (secondary N) is 2. The van der Waals surface area contributed by atoms with Crippen molar-refractivity contribution in [2.45, 2.75) is 20.3 Å². The Bertz CT molecular complexity index is 377. The summed E-state index contributed by atoms with van der Waals surface area (Å²) in [5.74, 6) is 2.04. The molecule has 102 valence electrons. The summed E-state index contributed by atoms with van der Waals surface area (Å²) in [6, 6.07) is 0. The summed E-state index contributed by atoms with van der Waals surface area (Å²) in [4.78, 5) is 8.49. The quantitative estimate of drug-likeness (QED) is 0.344. The third-order valence-corrected chi connectivity index (χ3v) is 1.92. The normalized spacial score (nSPS) is 10.7. The van der Waals surface area contributed by atoms with Crippen molar-refractivity contribution in [2.75, 3.05) is 19.6 Å². The third-order valence-electron chi connectivity index (χ3n) is 1.92. The summed E-state index contributed by atoms with van der Waals surface area (Å²) >= 11 is 0. The standard InChI is InChI=1S/C11H19N5O.HI/c1-4-7-13-11(12-5-2)14-8-6-10-15-9(3)16-17-10;/h4H,1,5-8H2,2-3H3,(H2,12,13,14);1H. The maximum atomic E-state index is 5.00. The average molecular weight is 365 g/mol. The minimum absolute atomic E-state index is 0. The Morgan fingerprint density at radius 1 is 1.50 bits per heavy atom. The molecular weight excluding hydrogens is 345 g/mol. The van der Waals surface area contributed by atoms with Gasteiger partial charge in [0.15, 0.2) is 11.8 Å². The van der Waals surface area contributed by atoms with Gasteiger partial charge in [0.05, 0.1) is 6.54 Å². The number of rotatable bonds is 6. The Balaban J connectivity index is 0.00000289. The lowest BCUT2D eigenvalue weighted by molar-refractivity contribution is 0.376. The second kappa shape index (κ2) is 9.86. The van der Waals surface area contributed by atoms with Crippen LogP contribution in [-0.4, -0.2) is 35.7 Å². The van der Waals surface area contributed by atoms with Crippen molar-refractivity contribution in [3.8, 4) is 0 Å². The van der Waals surface area contributed by atoms with Crippen LogP contribution in [0.1, 0.15) is 18.6 Å². The predicted octanol–water partition coefficient (Wildman–Crippen LogP) is 1.28. The summed E-state index contributed by atoms with van der Waals surface area (Å²) in [6.07, 6.45) is 2.43. The Morgan fingerprint density at radius 3 is 2.83 bits per heavy atom. The van der Waals surface area contributed by atoms with Gasteiger partial charge in [-0.3, -0.25) is 4.99 Å². The van der Waals surface area contributed by atoms with Gasteiger partial charge >= 0.3 is 0 Å². The fraction of sp³-hybridized carbons (Fsp3) is 0.545. The van der Waals surface area contributed by atoms with E-state index in [2.05, 4.69) is 32.3 Å². The highest BCUT2D eigenvalue weighted by Gasteiger charge is 2.01. The number of halogens is 1. The molecule has 0 atom stereocenters. The van der Waals surface area contributed by atoms with Gasteiger partial charge in [0.2, 0.25) is 5.89 Å². The number of guanidine groups is 1. The number of hydrogen-bond acceptors (Lipinski definition) is 4. The lowest BCUT2D eigenvalue weighted by Crippen LogP contribution is -2.37. The molecule has 0 fully saturated rings. The second-order valence-electron chi connectivity index (χ2n) is 3.42. The van der Waals surface area contributed by atoms with Gasteiger partial charge in [0.1, 0.15) is 0 Å².